The van der Waals surface area contributed by atoms with E-state index < -0.39 is 6.09 Å². The number of nitrogens with zero attached hydrogens (tertiary/aromatic N) is 2. The summed E-state index contributed by atoms with van der Waals surface area (Å²) in [6.45, 7) is 7.99. The van der Waals surface area contributed by atoms with E-state index in [-0.39, 0.29) is 0 Å². The fraction of sp³-hybridized carbons (Fsp3) is 0.611. The first-order valence-electron chi connectivity index (χ1n) is 8.79. The van der Waals surface area contributed by atoms with E-state index in [1.807, 2.05) is 12.1 Å². The molecule has 1 heterocycles. The van der Waals surface area contributed by atoms with Crippen molar-refractivity contribution in [2.45, 2.75) is 43.7 Å². The molecule has 2 rings (SSSR count). The standard InChI is InChI=1S/C18H29N3O3S/c1-14(2)20-12-9-15(13-20)21(11-4-10-19-18(22)23)25-17-7-5-16(24-3)6-8-17/h5-8,14-15,19H,4,9-13H2,1-3H3,(H,22,23)/t15-/m0/s1. The highest BCUT2D eigenvalue weighted by Crippen LogP contribution is 2.30. The van der Waals surface area contributed by atoms with Crippen molar-refractivity contribution in [3.63, 3.8) is 0 Å². The molecule has 140 valence electrons. The normalized spacial score (nSPS) is 18.0. The Bertz CT molecular complexity index is 539. The van der Waals surface area contributed by atoms with Crippen molar-refractivity contribution >= 4 is 18.0 Å². The minimum Gasteiger partial charge on any atom is -0.497 e. The molecule has 1 aromatic rings. The number of carbonyl (C=O) groups is 1. The number of ether oxygens (including phenoxy) is 1. The zero-order valence-electron chi connectivity index (χ0n) is 15.3. The quantitative estimate of drug-likeness (QED) is 0.516. The summed E-state index contributed by atoms with van der Waals surface area (Å²) in [5.41, 5.74) is 0. The number of carboxylic acid groups (broad SMARTS) is 1. The summed E-state index contributed by atoms with van der Waals surface area (Å²) in [7, 11) is 1.67. The van der Waals surface area contributed by atoms with Gasteiger partial charge in [-0.05, 0) is 62.9 Å². The van der Waals surface area contributed by atoms with E-state index in [9.17, 15) is 4.79 Å². The van der Waals surface area contributed by atoms with Gasteiger partial charge in [-0.2, -0.15) is 0 Å². The van der Waals surface area contributed by atoms with Crippen LogP contribution >= 0.6 is 11.9 Å². The number of rotatable bonds is 9. The van der Waals surface area contributed by atoms with Crippen LogP contribution in [0.2, 0.25) is 0 Å². The molecule has 0 spiro atoms. The third-order valence-corrected chi connectivity index (χ3v) is 5.64. The lowest BCUT2D eigenvalue weighted by Crippen LogP contribution is -2.36. The van der Waals surface area contributed by atoms with Gasteiger partial charge in [0.25, 0.3) is 0 Å². The van der Waals surface area contributed by atoms with Crippen LogP contribution in [0.15, 0.2) is 29.2 Å². The first-order chi connectivity index (χ1) is 12.0. The second kappa shape index (κ2) is 9.89. The minimum absolute atomic E-state index is 0.482. The van der Waals surface area contributed by atoms with E-state index in [1.165, 1.54) is 4.90 Å². The fourth-order valence-corrected chi connectivity index (χ4v) is 4.05. The van der Waals surface area contributed by atoms with Crippen LogP contribution in [0.1, 0.15) is 26.7 Å². The van der Waals surface area contributed by atoms with Crippen LogP contribution in [-0.4, -0.2) is 65.8 Å². The third-order valence-electron chi connectivity index (χ3n) is 4.45. The Morgan fingerprint density at radius 1 is 1.44 bits per heavy atom. The Kier molecular flexibility index (Phi) is 7.87. The Morgan fingerprint density at radius 2 is 2.16 bits per heavy atom. The first kappa shape index (κ1) is 19.9. The maximum atomic E-state index is 10.6. The van der Waals surface area contributed by atoms with Crippen molar-refractivity contribution in [1.29, 1.82) is 0 Å². The Balaban J connectivity index is 1.96. The molecule has 1 fully saturated rings. The summed E-state index contributed by atoms with van der Waals surface area (Å²) in [5, 5.41) is 11.2. The van der Waals surface area contributed by atoms with Gasteiger partial charge in [0.2, 0.25) is 0 Å². The van der Waals surface area contributed by atoms with Crippen LogP contribution in [-0.2, 0) is 0 Å². The molecule has 0 unspecified atom stereocenters. The third kappa shape index (κ3) is 6.41. The highest BCUT2D eigenvalue weighted by molar-refractivity contribution is 7.97. The summed E-state index contributed by atoms with van der Waals surface area (Å²) in [6, 6.07) is 9.14. The molecule has 1 atom stereocenters. The highest BCUT2D eigenvalue weighted by atomic mass is 32.2. The van der Waals surface area contributed by atoms with Crippen LogP contribution in [0.25, 0.3) is 0 Å². The summed E-state index contributed by atoms with van der Waals surface area (Å²) >= 11 is 1.75. The average Bonchev–Trinajstić information content (AvgIpc) is 3.08. The molecule has 1 saturated heterocycles. The van der Waals surface area contributed by atoms with Crippen LogP contribution in [0.4, 0.5) is 4.79 Å². The second-order valence-corrected chi connectivity index (χ2v) is 7.65. The van der Waals surface area contributed by atoms with E-state index in [4.69, 9.17) is 9.84 Å². The van der Waals surface area contributed by atoms with Gasteiger partial charge in [0.05, 0.1) is 7.11 Å². The number of hydrogen-bond acceptors (Lipinski definition) is 5. The smallest absolute Gasteiger partial charge is 0.404 e. The molecule has 1 amide bonds. The summed E-state index contributed by atoms with van der Waals surface area (Å²) in [5.74, 6) is 0.855. The van der Waals surface area contributed by atoms with E-state index >= 15 is 0 Å². The van der Waals surface area contributed by atoms with E-state index in [0.717, 1.165) is 38.2 Å². The van der Waals surface area contributed by atoms with E-state index in [2.05, 4.69) is 40.5 Å². The minimum atomic E-state index is -0.957. The fourth-order valence-electron chi connectivity index (χ4n) is 2.98. The lowest BCUT2D eigenvalue weighted by atomic mass is 10.2. The van der Waals surface area contributed by atoms with Crippen molar-refractivity contribution in [3.8, 4) is 5.75 Å². The molecule has 0 aromatic heterocycles. The van der Waals surface area contributed by atoms with Crippen molar-refractivity contribution in [2.75, 3.05) is 33.3 Å². The largest absolute Gasteiger partial charge is 0.497 e. The molecular formula is C18H29N3O3S. The number of amides is 1. The van der Waals surface area contributed by atoms with Gasteiger partial charge >= 0.3 is 6.09 Å². The van der Waals surface area contributed by atoms with E-state index in [1.54, 1.807) is 19.1 Å². The Morgan fingerprint density at radius 3 is 2.72 bits per heavy atom. The molecule has 1 aromatic carbocycles. The number of methoxy groups -OCH3 is 1. The number of hydrogen-bond donors (Lipinski definition) is 2. The predicted octanol–water partition coefficient (Wildman–Crippen LogP) is 3.14. The van der Waals surface area contributed by atoms with Gasteiger partial charge < -0.3 is 15.2 Å². The maximum Gasteiger partial charge on any atom is 0.404 e. The van der Waals surface area contributed by atoms with Gasteiger partial charge in [0.15, 0.2) is 0 Å². The maximum absolute atomic E-state index is 10.6. The number of benzene rings is 1. The summed E-state index contributed by atoms with van der Waals surface area (Å²) in [6.07, 6.45) is 0.989. The van der Waals surface area contributed by atoms with E-state index in [0.29, 0.717) is 18.6 Å². The van der Waals surface area contributed by atoms with Crippen LogP contribution in [0.3, 0.4) is 0 Å². The van der Waals surface area contributed by atoms with Crippen LogP contribution in [0.5, 0.6) is 5.75 Å². The molecule has 6 nitrogen and oxygen atoms in total. The molecule has 1 aliphatic heterocycles. The van der Waals surface area contributed by atoms with Gasteiger partial charge in [-0.25, -0.2) is 9.10 Å². The zero-order valence-corrected chi connectivity index (χ0v) is 16.1. The molecule has 0 radical (unpaired) electrons. The lowest BCUT2D eigenvalue weighted by molar-refractivity contribution is 0.194. The van der Waals surface area contributed by atoms with Gasteiger partial charge in [0, 0.05) is 43.2 Å². The molecule has 0 saturated carbocycles. The molecular weight excluding hydrogens is 338 g/mol. The van der Waals surface area contributed by atoms with Crippen molar-refractivity contribution in [3.05, 3.63) is 24.3 Å². The van der Waals surface area contributed by atoms with Gasteiger partial charge in [-0.15, -0.1) is 0 Å². The van der Waals surface area contributed by atoms with Crippen LogP contribution in [0, 0.1) is 0 Å². The summed E-state index contributed by atoms with van der Waals surface area (Å²) in [4.78, 5) is 14.3. The Labute approximate surface area is 154 Å². The number of likely N-dealkylation sites (tertiary alicyclic amines) is 1. The SMILES string of the molecule is COc1ccc(SN(CCCNC(=O)O)[C@H]2CCN(C(C)C)C2)cc1. The van der Waals surface area contributed by atoms with Crippen molar-refractivity contribution in [1.82, 2.24) is 14.5 Å². The molecule has 25 heavy (non-hydrogen) atoms. The van der Waals surface area contributed by atoms with Gasteiger partial charge in [0.1, 0.15) is 5.75 Å². The molecule has 2 N–H and O–H groups in total. The number of nitrogens with one attached hydrogen (secondary N) is 1. The molecule has 1 aliphatic rings. The monoisotopic (exact) mass is 367 g/mol. The predicted molar refractivity (Wildman–Crippen MR) is 101 cm³/mol. The summed E-state index contributed by atoms with van der Waals surface area (Å²) < 4.78 is 7.63. The van der Waals surface area contributed by atoms with Crippen molar-refractivity contribution in [2.24, 2.45) is 0 Å². The molecule has 7 heteroatoms. The van der Waals surface area contributed by atoms with Gasteiger partial charge in [-0.3, -0.25) is 4.90 Å². The molecule has 0 aliphatic carbocycles. The van der Waals surface area contributed by atoms with Gasteiger partial charge in [-0.1, -0.05) is 0 Å². The van der Waals surface area contributed by atoms with Crippen molar-refractivity contribution < 1.29 is 14.6 Å². The lowest BCUT2D eigenvalue weighted by Gasteiger charge is -2.28. The molecule has 0 bridgehead atoms. The van der Waals surface area contributed by atoms with Crippen LogP contribution < -0.4 is 10.1 Å². The Hall–Kier alpha value is -1.44. The first-order valence-corrected chi connectivity index (χ1v) is 9.56. The topological polar surface area (TPSA) is 65.0 Å². The highest BCUT2D eigenvalue weighted by Gasteiger charge is 2.29. The zero-order chi connectivity index (χ0) is 18.2. The average molecular weight is 368 g/mol. The second-order valence-electron chi connectivity index (χ2n) is 6.52.